The molecule has 5 nitrogen and oxygen atoms in total. The molecule has 2 aromatic rings. The molecule has 0 aromatic heterocycles. The Balaban J connectivity index is 1.74. The fourth-order valence-corrected chi connectivity index (χ4v) is 3.75. The zero-order valence-corrected chi connectivity index (χ0v) is 17.4. The van der Waals surface area contributed by atoms with E-state index >= 15 is 0 Å². The summed E-state index contributed by atoms with van der Waals surface area (Å²) in [5.41, 5.74) is 2.34. The Kier molecular flexibility index (Phi) is 7.98. The maximum absolute atomic E-state index is 6.40. The van der Waals surface area contributed by atoms with Gasteiger partial charge in [0.05, 0.1) is 32.0 Å². The number of nitrogens with one attached hydrogen (secondary N) is 1. The van der Waals surface area contributed by atoms with Gasteiger partial charge >= 0.3 is 0 Å². The van der Waals surface area contributed by atoms with Gasteiger partial charge in [0.2, 0.25) is 0 Å². The third kappa shape index (κ3) is 5.61. The van der Waals surface area contributed by atoms with Crippen LogP contribution in [0.5, 0.6) is 11.5 Å². The van der Waals surface area contributed by atoms with Crippen LogP contribution in [0.3, 0.4) is 0 Å². The van der Waals surface area contributed by atoms with E-state index in [2.05, 4.69) is 34.5 Å². The van der Waals surface area contributed by atoms with Gasteiger partial charge in [-0.25, -0.2) is 0 Å². The summed E-state index contributed by atoms with van der Waals surface area (Å²) in [6.45, 7) is 7.67. The zero-order chi connectivity index (χ0) is 19.8. The number of benzene rings is 2. The van der Waals surface area contributed by atoms with Crippen LogP contribution < -0.4 is 14.8 Å². The number of rotatable bonds is 9. The number of nitrogens with zero attached hydrogens (tertiary/aromatic N) is 1. The van der Waals surface area contributed by atoms with E-state index in [1.165, 1.54) is 5.56 Å². The summed E-state index contributed by atoms with van der Waals surface area (Å²) in [6.07, 6.45) is 0. The summed E-state index contributed by atoms with van der Waals surface area (Å²) in [5.74, 6) is 1.26. The van der Waals surface area contributed by atoms with Crippen LogP contribution in [0.25, 0.3) is 0 Å². The summed E-state index contributed by atoms with van der Waals surface area (Å²) >= 11 is 6.40. The second-order valence-corrected chi connectivity index (χ2v) is 7.21. The molecule has 0 spiro atoms. The summed E-state index contributed by atoms with van der Waals surface area (Å²) in [6, 6.07) is 14.7. The Morgan fingerprint density at radius 2 is 1.93 bits per heavy atom. The molecule has 2 aromatic carbocycles. The van der Waals surface area contributed by atoms with Gasteiger partial charge in [0, 0.05) is 32.2 Å². The average molecular weight is 405 g/mol. The molecule has 0 bridgehead atoms. The quantitative estimate of drug-likeness (QED) is 0.686. The topological polar surface area (TPSA) is 43.0 Å². The number of hydrogen-bond acceptors (Lipinski definition) is 5. The number of methoxy groups -OCH3 is 1. The molecule has 28 heavy (non-hydrogen) atoms. The smallest absolute Gasteiger partial charge is 0.179 e. The molecular formula is C22H29ClN2O3. The zero-order valence-electron chi connectivity index (χ0n) is 16.6. The van der Waals surface area contributed by atoms with Crippen LogP contribution >= 0.6 is 11.6 Å². The summed E-state index contributed by atoms with van der Waals surface area (Å²) in [4.78, 5) is 2.45. The van der Waals surface area contributed by atoms with E-state index in [0.717, 1.165) is 38.4 Å². The maximum atomic E-state index is 6.40. The first-order valence-corrected chi connectivity index (χ1v) is 10.2. The van der Waals surface area contributed by atoms with Crippen LogP contribution in [-0.4, -0.2) is 51.5 Å². The van der Waals surface area contributed by atoms with E-state index in [0.29, 0.717) is 29.7 Å². The van der Waals surface area contributed by atoms with Gasteiger partial charge in [-0.15, -0.1) is 0 Å². The lowest BCUT2D eigenvalue weighted by atomic mass is 10.1. The lowest BCUT2D eigenvalue weighted by molar-refractivity contribution is 0.0333. The Bertz CT molecular complexity index is 736. The van der Waals surface area contributed by atoms with Gasteiger partial charge in [-0.2, -0.15) is 0 Å². The van der Waals surface area contributed by atoms with Crippen molar-refractivity contribution >= 4 is 11.6 Å². The normalized spacial score (nSPS) is 16.0. The second-order valence-electron chi connectivity index (χ2n) is 6.80. The third-order valence-corrected chi connectivity index (χ3v) is 5.15. The molecule has 1 atom stereocenters. The SMILES string of the molecule is CCOc1cc(CNC(CN2CCOCC2)c2ccccc2)cc(Cl)c1OC. The van der Waals surface area contributed by atoms with Crippen molar-refractivity contribution in [1.29, 1.82) is 0 Å². The highest BCUT2D eigenvalue weighted by molar-refractivity contribution is 6.32. The lowest BCUT2D eigenvalue weighted by Crippen LogP contribution is -2.41. The highest BCUT2D eigenvalue weighted by atomic mass is 35.5. The number of hydrogen-bond donors (Lipinski definition) is 1. The molecule has 152 valence electrons. The van der Waals surface area contributed by atoms with Gasteiger partial charge in [-0.05, 0) is 30.2 Å². The first-order valence-electron chi connectivity index (χ1n) is 9.79. The highest BCUT2D eigenvalue weighted by Gasteiger charge is 2.19. The molecule has 1 unspecified atom stereocenters. The highest BCUT2D eigenvalue weighted by Crippen LogP contribution is 2.36. The first kappa shape index (κ1) is 20.9. The van der Waals surface area contributed by atoms with Crippen LogP contribution in [0.4, 0.5) is 0 Å². The Hall–Kier alpha value is -1.79. The van der Waals surface area contributed by atoms with Crippen molar-refractivity contribution in [3.05, 3.63) is 58.6 Å². The van der Waals surface area contributed by atoms with Crippen LogP contribution in [0.1, 0.15) is 24.1 Å². The van der Waals surface area contributed by atoms with Gasteiger partial charge < -0.3 is 19.5 Å². The minimum Gasteiger partial charge on any atom is -0.491 e. The Morgan fingerprint density at radius 1 is 1.18 bits per heavy atom. The van der Waals surface area contributed by atoms with Gasteiger partial charge in [0.15, 0.2) is 11.5 Å². The number of halogens is 1. The molecule has 6 heteroatoms. The van der Waals surface area contributed by atoms with Crippen LogP contribution in [0, 0.1) is 0 Å². The van der Waals surface area contributed by atoms with E-state index in [-0.39, 0.29) is 6.04 Å². The van der Waals surface area contributed by atoms with E-state index in [4.69, 9.17) is 25.8 Å². The molecule has 3 rings (SSSR count). The largest absolute Gasteiger partial charge is 0.491 e. The molecule has 0 amide bonds. The molecule has 1 aliphatic rings. The van der Waals surface area contributed by atoms with Crippen molar-refractivity contribution in [2.24, 2.45) is 0 Å². The van der Waals surface area contributed by atoms with Gasteiger partial charge in [-0.3, -0.25) is 4.90 Å². The summed E-state index contributed by atoms with van der Waals surface area (Å²) < 4.78 is 16.6. The Morgan fingerprint density at radius 3 is 2.61 bits per heavy atom. The predicted octanol–water partition coefficient (Wildman–Crippen LogP) is 3.91. The Labute approximate surface area is 172 Å². The van der Waals surface area contributed by atoms with Crippen molar-refractivity contribution in [1.82, 2.24) is 10.2 Å². The van der Waals surface area contributed by atoms with Crippen molar-refractivity contribution in [2.75, 3.05) is 46.6 Å². The van der Waals surface area contributed by atoms with Crippen molar-refractivity contribution in [3.8, 4) is 11.5 Å². The minimum absolute atomic E-state index is 0.218. The number of morpholine rings is 1. The molecule has 1 saturated heterocycles. The minimum atomic E-state index is 0.218. The van der Waals surface area contributed by atoms with Crippen LogP contribution in [-0.2, 0) is 11.3 Å². The van der Waals surface area contributed by atoms with Crippen LogP contribution in [0.2, 0.25) is 5.02 Å². The number of ether oxygens (including phenoxy) is 3. The fourth-order valence-electron chi connectivity index (χ4n) is 3.44. The molecule has 1 heterocycles. The average Bonchev–Trinajstić information content (AvgIpc) is 2.72. The molecule has 0 saturated carbocycles. The van der Waals surface area contributed by atoms with E-state index < -0.39 is 0 Å². The van der Waals surface area contributed by atoms with Crippen molar-refractivity contribution < 1.29 is 14.2 Å². The molecule has 0 radical (unpaired) electrons. The second kappa shape index (κ2) is 10.7. The van der Waals surface area contributed by atoms with Gasteiger partial charge in [0.25, 0.3) is 0 Å². The molecule has 0 aliphatic carbocycles. The monoisotopic (exact) mass is 404 g/mol. The van der Waals surface area contributed by atoms with Crippen molar-refractivity contribution in [3.63, 3.8) is 0 Å². The lowest BCUT2D eigenvalue weighted by Gasteiger charge is -2.31. The van der Waals surface area contributed by atoms with Crippen LogP contribution in [0.15, 0.2) is 42.5 Å². The van der Waals surface area contributed by atoms with E-state index in [9.17, 15) is 0 Å². The molecular weight excluding hydrogens is 376 g/mol. The van der Waals surface area contributed by atoms with E-state index in [1.54, 1.807) is 7.11 Å². The van der Waals surface area contributed by atoms with Crippen molar-refractivity contribution in [2.45, 2.75) is 19.5 Å². The molecule has 1 fully saturated rings. The summed E-state index contributed by atoms with van der Waals surface area (Å²) in [7, 11) is 1.61. The summed E-state index contributed by atoms with van der Waals surface area (Å²) in [5, 5.41) is 4.26. The molecule has 1 aliphatic heterocycles. The van der Waals surface area contributed by atoms with E-state index in [1.807, 2.05) is 25.1 Å². The fraction of sp³-hybridized carbons (Fsp3) is 0.455. The van der Waals surface area contributed by atoms with Gasteiger partial charge in [-0.1, -0.05) is 41.9 Å². The third-order valence-electron chi connectivity index (χ3n) is 4.87. The standard InChI is InChI=1S/C22H29ClN2O3/c1-3-28-21-14-17(13-19(23)22(21)26-2)15-24-20(18-7-5-4-6-8-18)16-25-9-11-27-12-10-25/h4-8,13-14,20,24H,3,9-12,15-16H2,1-2H3. The first-order chi connectivity index (χ1) is 13.7. The van der Waals surface area contributed by atoms with Gasteiger partial charge in [0.1, 0.15) is 0 Å². The predicted molar refractivity (Wildman–Crippen MR) is 112 cm³/mol. The molecule has 1 N–H and O–H groups in total. The maximum Gasteiger partial charge on any atom is 0.179 e.